The van der Waals surface area contributed by atoms with Gasteiger partial charge in [-0.1, -0.05) is 0 Å². The molecule has 0 spiro atoms. The first-order valence-corrected chi connectivity index (χ1v) is 4.37. The second-order valence-electron chi connectivity index (χ2n) is 3.18. The molecule has 1 aromatic rings. The lowest BCUT2D eigenvalue weighted by Crippen LogP contribution is -2.09. The van der Waals surface area contributed by atoms with E-state index in [9.17, 15) is 10.1 Å². The average Bonchev–Trinajstić information content (AvgIpc) is 2.84. The van der Waals surface area contributed by atoms with Crippen LogP contribution in [0.15, 0.2) is 6.20 Å². The molecule has 7 heteroatoms. The predicted molar refractivity (Wildman–Crippen MR) is 49.9 cm³/mol. The summed E-state index contributed by atoms with van der Waals surface area (Å²) in [6, 6.07) is 0. The molecule has 0 atom stereocenters. The Bertz CT molecular complexity index is 405. The molecule has 1 fully saturated rings. The van der Waals surface area contributed by atoms with E-state index in [-0.39, 0.29) is 17.3 Å². The maximum absolute atomic E-state index is 10.6. The summed E-state index contributed by atoms with van der Waals surface area (Å²) in [6.45, 7) is 0. The van der Waals surface area contributed by atoms with Crippen molar-refractivity contribution >= 4 is 23.2 Å². The van der Waals surface area contributed by atoms with Gasteiger partial charge in [0.1, 0.15) is 11.9 Å². The predicted octanol–water partition coefficient (Wildman–Crippen LogP) is 1.19. The highest BCUT2D eigenvalue weighted by atomic mass is 35.5. The third-order valence-electron chi connectivity index (χ3n) is 2.10. The van der Waals surface area contributed by atoms with Gasteiger partial charge in [0.25, 0.3) is 0 Å². The fourth-order valence-electron chi connectivity index (χ4n) is 1.20. The number of hydrogen-bond donors (Lipinski definition) is 1. The number of aromatic nitrogens is 2. The third-order valence-corrected chi connectivity index (χ3v) is 2.66. The minimum Gasteiger partial charge on any atom is -0.368 e. The molecular weight excluding hydrogens is 208 g/mol. The first-order valence-electron chi connectivity index (χ1n) is 3.99. The van der Waals surface area contributed by atoms with Crippen LogP contribution < -0.4 is 5.73 Å². The minimum absolute atomic E-state index is 0.0116. The number of halogens is 1. The summed E-state index contributed by atoms with van der Waals surface area (Å²) < 4.78 is 0. The Morgan fingerprint density at radius 3 is 2.79 bits per heavy atom. The molecule has 6 nitrogen and oxygen atoms in total. The van der Waals surface area contributed by atoms with Gasteiger partial charge in [-0.2, -0.15) is 0 Å². The Kier molecular flexibility index (Phi) is 1.81. The lowest BCUT2D eigenvalue weighted by atomic mass is 10.2. The van der Waals surface area contributed by atoms with Gasteiger partial charge in [0.05, 0.1) is 9.80 Å². The van der Waals surface area contributed by atoms with E-state index in [0.717, 1.165) is 6.20 Å². The summed E-state index contributed by atoms with van der Waals surface area (Å²) in [5, 5.41) is 10.6. The Hall–Kier alpha value is -1.43. The monoisotopic (exact) mass is 214 g/mol. The number of hydrogen-bond acceptors (Lipinski definition) is 5. The Morgan fingerprint density at radius 2 is 2.29 bits per heavy atom. The summed E-state index contributed by atoms with van der Waals surface area (Å²) in [5.74, 6) is 0.0116. The van der Waals surface area contributed by atoms with Gasteiger partial charge in [-0.3, -0.25) is 10.1 Å². The maximum atomic E-state index is 10.6. The summed E-state index contributed by atoms with van der Waals surface area (Å²) in [4.78, 5) is 16.8. The van der Waals surface area contributed by atoms with Crippen molar-refractivity contribution in [1.82, 2.24) is 9.97 Å². The number of rotatable bonds is 2. The second kappa shape index (κ2) is 2.78. The van der Waals surface area contributed by atoms with Crippen molar-refractivity contribution in [3.8, 4) is 0 Å². The van der Waals surface area contributed by atoms with E-state index in [1.54, 1.807) is 0 Å². The van der Waals surface area contributed by atoms with Crippen LogP contribution >= 0.6 is 11.6 Å². The van der Waals surface area contributed by atoms with E-state index < -0.39 is 9.80 Å². The van der Waals surface area contributed by atoms with Crippen LogP contribution in [0.5, 0.6) is 0 Å². The van der Waals surface area contributed by atoms with Crippen LogP contribution in [0.25, 0.3) is 0 Å². The van der Waals surface area contributed by atoms with Crippen molar-refractivity contribution in [1.29, 1.82) is 0 Å². The van der Waals surface area contributed by atoms with E-state index in [1.807, 2.05) is 0 Å². The van der Waals surface area contributed by atoms with E-state index in [1.165, 1.54) is 0 Å². The van der Waals surface area contributed by atoms with Gasteiger partial charge in [0.15, 0.2) is 0 Å². The third kappa shape index (κ3) is 1.37. The van der Waals surface area contributed by atoms with Crippen molar-refractivity contribution in [2.45, 2.75) is 17.7 Å². The summed E-state index contributed by atoms with van der Waals surface area (Å²) in [7, 11) is 0. The molecule has 1 aliphatic rings. The maximum Gasteiger partial charge on any atom is 0.310 e. The van der Waals surface area contributed by atoms with Crippen molar-refractivity contribution in [2.24, 2.45) is 0 Å². The van der Waals surface area contributed by atoms with Gasteiger partial charge in [-0.25, -0.2) is 9.97 Å². The quantitative estimate of drug-likeness (QED) is 0.453. The van der Waals surface area contributed by atoms with E-state index in [2.05, 4.69) is 9.97 Å². The smallest absolute Gasteiger partial charge is 0.310 e. The molecule has 1 aliphatic carbocycles. The van der Waals surface area contributed by atoms with Gasteiger partial charge in [0.2, 0.25) is 5.95 Å². The van der Waals surface area contributed by atoms with Gasteiger partial charge in [0, 0.05) is 0 Å². The number of nitrogen functional groups attached to an aromatic ring is 1. The lowest BCUT2D eigenvalue weighted by Gasteiger charge is -2.05. The van der Waals surface area contributed by atoms with Crippen molar-refractivity contribution in [3.05, 3.63) is 22.0 Å². The standard InChI is InChI=1S/C7H7ClN4O2/c8-7(1-2-7)5-4(12(13)14)3-10-6(9)11-5/h3H,1-2H2,(H2,9,10,11). The van der Waals surface area contributed by atoms with Crippen LogP contribution in [0.1, 0.15) is 18.5 Å². The van der Waals surface area contributed by atoms with Gasteiger partial charge in [-0.15, -0.1) is 11.6 Å². The first kappa shape index (κ1) is 9.14. The van der Waals surface area contributed by atoms with Crippen LogP contribution in [-0.2, 0) is 4.87 Å². The average molecular weight is 215 g/mol. The first-order chi connectivity index (χ1) is 6.53. The molecule has 1 heterocycles. The largest absolute Gasteiger partial charge is 0.368 e. The highest BCUT2D eigenvalue weighted by Gasteiger charge is 2.48. The van der Waals surface area contributed by atoms with Crippen LogP contribution in [0, 0.1) is 10.1 Å². The molecule has 0 saturated heterocycles. The van der Waals surface area contributed by atoms with E-state index in [0.29, 0.717) is 12.8 Å². The van der Waals surface area contributed by atoms with Crippen LogP contribution in [0.2, 0.25) is 0 Å². The molecule has 0 aromatic carbocycles. The fraction of sp³-hybridized carbons (Fsp3) is 0.429. The SMILES string of the molecule is Nc1ncc([N+](=O)[O-])c(C2(Cl)CC2)n1. The summed E-state index contributed by atoms with van der Waals surface area (Å²) >= 11 is 6.04. The van der Waals surface area contributed by atoms with Gasteiger partial charge in [-0.05, 0) is 12.8 Å². The van der Waals surface area contributed by atoms with Crippen molar-refractivity contribution in [2.75, 3.05) is 5.73 Å². The highest BCUT2D eigenvalue weighted by Crippen LogP contribution is 2.53. The number of nitro groups is 1. The van der Waals surface area contributed by atoms with E-state index in [4.69, 9.17) is 17.3 Å². The fourth-order valence-corrected chi connectivity index (χ4v) is 1.43. The molecule has 1 saturated carbocycles. The van der Waals surface area contributed by atoms with Crippen LogP contribution in [0.4, 0.5) is 11.6 Å². The molecule has 0 bridgehead atoms. The molecule has 0 amide bonds. The highest BCUT2D eigenvalue weighted by molar-refractivity contribution is 6.26. The molecule has 0 unspecified atom stereocenters. The molecule has 74 valence electrons. The van der Waals surface area contributed by atoms with Gasteiger partial charge < -0.3 is 5.73 Å². The molecule has 2 rings (SSSR count). The molecular formula is C7H7ClN4O2. The number of anilines is 1. The molecule has 0 aliphatic heterocycles. The van der Waals surface area contributed by atoms with Gasteiger partial charge >= 0.3 is 5.69 Å². The number of nitrogens with zero attached hydrogens (tertiary/aromatic N) is 3. The normalized spacial score (nSPS) is 17.8. The molecule has 2 N–H and O–H groups in total. The zero-order chi connectivity index (χ0) is 10.3. The minimum atomic E-state index is -0.695. The van der Waals surface area contributed by atoms with E-state index >= 15 is 0 Å². The number of nitrogens with two attached hydrogens (primary N) is 1. The second-order valence-corrected chi connectivity index (χ2v) is 3.91. The Labute approximate surface area is 84.3 Å². The zero-order valence-electron chi connectivity index (χ0n) is 7.11. The van der Waals surface area contributed by atoms with Crippen molar-refractivity contribution in [3.63, 3.8) is 0 Å². The van der Waals surface area contributed by atoms with Crippen molar-refractivity contribution < 1.29 is 4.92 Å². The Morgan fingerprint density at radius 1 is 1.64 bits per heavy atom. The number of alkyl halides is 1. The topological polar surface area (TPSA) is 94.9 Å². The van der Waals surface area contributed by atoms with Crippen LogP contribution in [0.3, 0.4) is 0 Å². The Balaban J connectivity index is 2.54. The summed E-state index contributed by atoms with van der Waals surface area (Å²) in [5.41, 5.74) is 5.42. The van der Waals surface area contributed by atoms with Crippen LogP contribution in [-0.4, -0.2) is 14.9 Å². The molecule has 14 heavy (non-hydrogen) atoms. The summed E-state index contributed by atoms with van der Waals surface area (Å²) in [6.07, 6.45) is 2.47. The lowest BCUT2D eigenvalue weighted by molar-refractivity contribution is -0.386. The zero-order valence-corrected chi connectivity index (χ0v) is 7.86. The molecule has 1 aromatic heterocycles. The molecule has 0 radical (unpaired) electrons.